The minimum absolute atomic E-state index is 0.160. The second-order valence-electron chi connectivity index (χ2n) is 6.55. The molecule has 1 aliphatic rings. The van der Waals surface area contributed by atoms with Crippen molar-refractivity contribution in [2.75, 3.05) is 52.4 Å². The number of hydrogen-bond acceptors (Lipinski definition) is 6. The highest BCUT2D eigenvalue weighted by molar-refractivity contribution is 5.80. The summed E-state index contributed by atoms with van der Waals surface area (Å²) in [5.41, 5.74) is 1.08. The van der Waals surface area contributed by atoms with Gasteiger partial charge in [0.15, 0.2) is 5.96 Å². The number of esters is 1. The summed E-state index contributed by atoms with van der Waals surface area (Å²) in [5.74, 6) is 2.15. The molecule has 1 heterocycles. The molecule has 0 bridgehead atoms. The summed E-state index contributed by atoms with van der Waals surface area (Å²) in [6, 6.07) is 6.20. The molecule has 2 N–H and O–H groups in total. The van der Waals surface area contributed by atoms with Crippen LogP contribution < -0.4 is 25.0 Å². The molecule has 0 spiro atoms. The number of aliphatic imine (C=N–C) groups is 1. The van der Waals surface area contributed by atoms with Crippen LogP contribution in [0.25, 0.3) is 0 Å². The van der Waals surface area contributed by atoms with E-state index in [-0.39, 0.29) is 12.0 Å². The molecule has 1 aliphatic heterocycles. The maximum absolute atomic E-state index is 11.4. The molecule has 0 amide bonds. The van der Waals surface area contributed by atoms with E-state index in [1.807, 2.05) is 25.1 Å². The van der Waals surface area contributed by atoms with Gasteiger partial charge in [0, 0.05) is 63.0 Å². The molecule has 8 nitrogen and oxygen atoms in total. The molecule has 156 valence electrons. The summed E-state index contributed by atoms with van der Waals surface area (Å²) in [4.78, 5) is 18.0. The van der Waals surface area contributed by atoms with Gasteiger partial charge in [-0.25, -0.2) is 0 Å². The van der Waals surface area contributed by atoms with Gasteiger partial charge in [-0.15, -0.1) is 0 Å². The van der Waals surface area contributed by atoms with Gasteiger partial charge >= 0.3 is 5.97 Å². The molecule has 1 aromatic carbocycles. The molecule has 28 heavy (non-hydrogen) atoms. The van der Waals surface area contributed by atoms with E-state index in [4.69, 9.17) is 14.2 Å². The van der Waals surface area contributed by atoms with Crippen LogP contribution in [0.5, 0.6) is 11.5 Å². The zero-order valence-corrected chi connectivity index (χ0v) is 17.3. The van der Waals surface area contributed by atoms with Crippen molar-refractivity contribution in [3.63, 3.8) is 0 Å². The lowest BCUT2D eigenvalue weighted by Gasteiger charge is -2.21. The van der Waals surface area contributed by atoms with Crippen molar-refractivity contribution >= 4 is 17.6 Å². The number of carbonyl (C=O) groups excluding carboxylic acids is 1. The van der Waals surface area contributed by atoms with Gasteiger partial charge in [-0.05, 0) is 19.8 Å². The molecule has 1 aromatic rings. The lowest BCUT2D eigenvalue weighted by molar-refractivity contribution is -0.143. The van der Waals surface area contributed by atoms with Crippen LogP contribution in [0.1, 0.15) is 26.2 Å². The van der Waals surface area contributed by atoms with E-state index in [1.165, 1.54) is 0 Å². The van der Waals surface area contributed by atoms with Crippen LogP contribution >= 0.6 is 0 Å². The Morgan fingerprint density at radius 3 is 2.57 bits per heavy atom. The second-order valence-corrected chi connectivity index (χ2v) is 6.55. The molecular weight excluding hydrogens is 360 g/mol. The fourth-order valence-electron chi connectivity index (χ4n) is 3.15. The number of ether oxygens (including phenoxy) is 3. The highest BCUT2D eigenvalue weighted by Crippen LogP contribution is 2.30. The maximum Gasteiger partial charge on any atom is 0.305 e. The van der Waals surface area contributed by atoms with E-state index in [1.54, 1.807) is 21.3 Å². The Morgan fingerprint density at radius 1 is 1.25 bits per heavy atom. The van der Waals surface area contributed by atoms with Crippen LogP contribution in [0.4, 0.5) is 5.69 Å². The van der Waals surface area contributed by atoms with Crippen LogP contribution in [0, 0.1) is 0 Å². The molecule has 0 aromatic heterocycles. The molecule has 0 radical (unpaired) electrons. The topological polar surface area (TPSA) is 84.4 Å². The molecule has 8 heteroatoms. The Bertz CT molecular complexity index is 643. The minimum atomic E-state index is -0.160. The molecule has 1 saturated heterocycles. The standard InChI is InChI=1S/C20H32N4O4/c1-5-28-19(25)7-6-9-22-20(21-2)23-15-8-10-24(14-15)16-11-17(26-3)13-18(12-16)27-4/h11-13,15H,5-10,14H2,1-4H3,(H2,21,22,23). The van der Waals surface area contributed by atoms with Gasteiger partial charge in [0.1, 0.15) is 11.5 Å². The maximum atomic E-state index is 11.4. The number of nitrogens with zero attached hydrogens (tertiary/aromatic N) is 2. The summed E-state index contributed by atoms with van der Waals surface area (Å²) in [7, 11) is 5.06. The molecule has 1 unspecified atom stereocenters. The number of benzene rings is 1. The quantitative estimate of drug-likeness (QED) is 0.287. The number of anilines is 1. The van der Waals surface area contributed by atoms with Gasteiger partial charge in [0.2, 0.25) is 0 Å². The summed E-state index contributed by atoms with van der Waals surface area (Å²) in [6.07, 6.45) is 2.12. The highest BCUT2D eigenvalue weighted by Gasteiger charge is 2.24. The fourth-order valence-corrected chi connectivity index (χ4v) is 3.15. The van der Waals surface area contributed by atoms with Crippen LogP contribution in [0.3, 0.4) is 0 Å². The van der Waals surface area contributed by atoms with Gasteiger partial charge in [-0.2, -0.15) is 0 Å². The smallest absolute Gasteiger partial charge is 0.305 e. The molecule has 0 aliphatic carbocycles. The summed E-state index contributed by atoms with van der Waals surface area (Å²) >= 11 is 0. The number of rotatable bonds is 9. The highest BCUT2D eigenvalue weighted by atomic mass is 16.5. The van der Waals surface area contributed by atoms with E-state index in [2.05, 4.69) is 20.5 Å². The Kier molecular flexibility index (Phi) is 8.71. The fraction of sp³-hybridized carbons (Fsp3) is 0.600. The predicted molar refractivity (Wildman–Crippen MR) is 111 cm³/mol. The number of nitrogens with one attached hydrogen (secondary N) is 2. The van der Waals surface area contributed by atoms with Crippen LogP contribution in [-0.2, 0) is 9.53 Å². The molecule has 0 saturated carbocycles. The van der Waals surface area contributed by atoms with Gasteiger partial charge in [-0.1, -0.05) is 0 Å². The van der Waals surface area contributed by atoms with E-state index in [0.29, 0.717) is 26.0 Å². The van der Waals surface area contributed by atoms with E-state index in [0.717, 1.165) is 42.7 Å². The molecule has 1 fully saturated rings. The van der Waals surface area contributed by atoms with Crippen molar-refractivity contribution in [3.05, 3.63) is 18.2 Å². The predicted octanol–water partition coefficient (Wildman–Crippen LogP) is 1.79. The third-order valence-corrected chi connectivity index (χ3v) is 4.61. The zero-order chi connectivity index (χ0) is 20.4. The first-order valence-electron chi connectivity index (χ1n) is 9.70. The summed E-state index contributed by atoms with van der Waals surface area (Å²) in [6.45, 7) is 4.71. The Morgan fingerprint density at radius 2 is 1.96 bits per heavy atom. The van der Waals surface area contributed by atoms with Crippen molar-refractivity contribution in [3.8, 4) is 11.5 Å². The van der Waals surface area contributed by atoms with E-state index in [9.17, 15) is 4.79 Å². The second kappa shape index (κ2) is 11.3. The Balaban J connectivity index is 1.82. The van der Waals surface area contributed by atoms with Crippen molar-refractivity contribution in [2.24, 2.45) is 4.99 Å². The monoisotopic (exact) mass is 392 g/mol. The van der Waals surface area contributed by atoms with Crippen LogP contribution in [0.2, 0.25) is 0 Å². The summed E-state index contributed by atoms with van der Waals surface area (Å²) < 4.78 is 15.7. The van der Waals surface area contributed by atoms with Crippen molar-refractivity contribution in [1.82, 2.24) is 10.6 Å². The van der Waals surface area contributed by atoms with Crippen molar-refractivity contribution in [1.29, 1.82) is 0 Å². The zero-order valence-electron chi connectivity index (χ0n) is 17.3. The SMILES string of the molecule is CCOC(=O)CCCNC(=NC)NC1CCN(c2cc(OC)cc(OC)c2)C1. The van der Waals surface area contributed by atoms with E-state index < -0.39 is 0 Å². The van der Waals surface area contributed by atoms with Crippen LogP contribution in [-0.4, -0.2) is 65.5 Å². The summed E-state index contributed by atoms with van der Waals surface area (Å²) in [5, 5.41) is 6.71. The largest absolute Gasteiger partial charge is 0.497 e. The third kappa shape index (κ3) is 6.51. The molecule has 2 rings (SSSR count). The number of carbonyl (C=O) groups is 1. The number of guanidine groups is 1. The first-order valence-corrected chi connectivity index (χ1v) is 9.70. The van der Waals surface area contributed by atoms with E-state index >= 15 is 0 Å². The molecule has 1 atom stereocenters. The third-order valence-electron chi connectivity index (χ3n) is 4.61. The van der Waals surface area contributed by atoms with Gasteiger partial charge in [0.25, 0.3) is 0 Å². The van der Waals surface area contributed by atoms with Crippen LogP contribution in [0.15, 0.2) is 23.2 Å². The van der Waals surface area contributed by atoms with Crippen molar-refractivity contribution in [2.45, 2.75) is 32.2 Å². The number of hydrogen-bond donors (Lipinski definition) is 2. The first kappa shape index (κ1) is 21.7. The minimum Gasteiger partial charge on any atom is -0.497 e. The lowest BCUT2D eigenvalue weighted by Crippen LogP contribution is -2.44. The average Bonchev–Trinajstić information content (AvgIpc) is 3.18. The van der Waals surface area contributed by atoms with Crippen molar-refractivity contribution < 1.29 is 19.0 Å². The average molecular weight is 393 g/mol. The Hall–Kier alpha value is -2.64. The Labute approximate surface area is 167 Å². The number of methoxy groups -OCH3 is 2. The lowest BCUT2D eigenvalue weighted by atomic mass is 10.2. The van der Waals surface area contributed by atoms with Gasteiger partial charge < -0.3 is 29.7 Å². The van der Waals surface area contributed by atoms with Gasteiger partial charge in [0.05, 0.1) is 20.8 Å². The normalized spacial score (nSPS) is 16.6. The van der Waals surface area contributed by atoms with Gasteiger partial charge in [-0.3, -0.25) is 9.79 Å². The molecular formula is C20H32N4O4. The first-order chi connectivity index (χ1) is 13.6.